The minimum atomic E-state index is -0.477. The summed E-state index contributed by atoms with van der Waals surface area (Å²) in [7, 11) is 0. The van der Waals surface area contributed by atoms with Crippen molar-refractivity contribution in [3.05, 3.63) is 29.6 Å². The molecule has 5 heteroatoms. The first kappa shape index (κ1) is 11.9. The van der Waals surface area contributed by atoms with E-state index in [-0.39, 0.29) is 16.7 Å². The second-order valence-corrected chi connectivity index (χ2v) is 5.10. The molecule has 0 radical (unpaired) electrons. The standard InChI is InChI=1S/C12H11FN2OS/c13-9-3-4-10(8(6-9)7-14)15-12(16)11-2-1-5-17-11/h3-4,6,11H,1-2,5H2,(H,15,16). The average Bonchev–Trinajstić information content (AvgIpc) is 2.85. The average molecular weight is 250 g/mol. The number of halogens is 1. The number of benzene rings is 1. The van der Waals surface area contributed by atoms with Crippen molar-refractivity contribution in [3.8, 4) is 6.07 Å². The topological polar surface area (TPSA) is 52.9 Å². The first-order chi connectivity index (χ1) is 8.20. The van der Waals surface area contributed by atoms with E-state index in [1.54, 1.807) is 11.8 Å². The summed E-state index contributed by atoms with van der Waals surface area (Å²) in [5, 5.41) is 11.5. The Morgan fingerprint density at radius 1 is 1.59 bits per heavy atom. The molecule has 0 aliphatic carbocycles. The van der Waals surface area contributed by atoms with Gasteiger partial charge in [-0.3, -0.25) is 4.79 Å². The van der Waals surface area contributed by atoms with Gasteiger partial charge in [0.25, 0.3) is 0 Å². The van der Waals surface area contributed by atoms with Crippen LogP contribution in [0.1, 0.15) is 18.4 Å². The molecule has 0 aromatic heterocycles. The maximum absolute atomic E-state index is 12.9. The van der Waals surface area contributed by atoms with Crippen LogP contribution in [0.25, 0.3) is 0 Å². The molecular formula is C12H11FN2OS. The molecule has 17 heavy (non-hydrogen) atoms. The molecule has 1 N–H and O–H groups in total. The van der Waals surface area contributed by atoms with E-state index in [0.717, 1.165) is 24.7 Å². The zero-order valence-corrected chi connectivity index (χ0v) is 9.89. The SMILES string of the molecule is N#Cc1cc(F)ccc1NC(=O)C1CCCS1. The van der Waals surface area contributed by atoms with Gasteiger partial charge in [0.15, 0.2) is 0 Å². The van der Waals surface area contributed by atoms with E-state index >= 15 is 0 Å². The normalized spacial score (nSPS) is 18.7. The van der Waals surface area contributed by atoms with Crippen molar-refractivity contribution in [3.63, 3.8) is 0 Å². The number of rotatable bonds is 2. The van der Waals surface area contributed by atoms with Crippen LogP contribution in [-0.2, 0) is 4.79 Å². The second kappa shape index (κ2) is 5.19. The number of nitrogens with zero attached hydrogens (tertiary/aromatic N) is 1. The summed E-state index contributed by atoms with van der Waals surface area (Å²) in [5.41, 5.74) is 0.535. The van der Waals surface area contributed by atoms with E-state index in [1.807, 2.05) is 6.07 Å². The molecule has 1 aromatic rings. The van der Waals surface area contributed by atoms with Gasteiger partial charge in [0, 0.05) is 0 Å². The van der Waals surface area contributed by atoms with Gasteiger partial charge in [-0.2, -0.15) is 5.26 Å². The Kier molecular flexibility index (Phi) is 3.64. The molecular weight excluding hydrogens is 239 g/mol. The van der Waals surface area contributed by atoms with Crippen LogP contribution in [0.15, 0.2) is 18.2 Å². The van der Waals surface area contributed by atoms with Crippen LogP contribution >= 0.6 is 11.8 Å². The van der Waals surface area contributed by atoms with Crippen molar-refractivity contribution in [1.82, 2.24) is 0 Å². The molecule has 1 aliphatic rings. The lowest BCUT2D eigenvalue weighted by Gasteiger charge is -2.10. The fraction of sp³-hybridized carbons (Fsp3) is 0.333. The van der Waals surface area contributed by atoms with Crippen molar-refractivity contribution in [2.45, 2.75) is 18.1 Å². The van der Waals surface area contributed by atoms with Gasteiger partial charge in [-0.15, -0.1) is 11.8 Å². The first-order valence-electron chi connectivity index (χ1n) is 5.33. The Bertz CT molecular complexity index is 478. The van der Waals surface area contributed by atoms with Gasteiger partial charge in [0.05, 0.1) is 16.5 Å². The monoisotopic (exact) mass is 250 g/mol. The summed E-state index contributed by atoms with van der Waals surface area (Å²) in [4.78, 5) is 11.8. The molecule has 1 atom stereocenters. The number of carbonyl (C=O) groups excluding carboxylic acids is 1. The Hall–Kier alpha value is -1.54. The maximum atomic E-state index is 12.9. The first-order valence-corrected chi connectivity index (χ1v) is 6.37. The molecule has 1 fully saturated rings. The highest BCUT2D eigenvalue weighted by atomic mass is 32.2. The third-order valence-corrected chi connectivity index (χ3v) is 3.96. The summed E-state index contributed by atoms with van der Waals surface area (Å²) in [5.74, 6) is 0.414. The number of thioether (sulfide) groups is 1. The lowest BCUT2D eigenvalue weighted by atomic mass is 10.1. The van der Waals surface area contributed by atoms with Crippen LogP contribution in [-0.4, -0.2) is 16.9 Å². The second-order valence-electron chi connectivity index (χ2n) is 3.79. The van der Waals surface area contributed by atoms with Crippen molar-refractivity contribution < 1.29 is 9.18 Å². The Balaban J connectivity index is 2.13. The van der Waals surface area contributed by atoms with E-state index in [4.69, 9.17) is 5.26 Å². The third kappa shape index (κ3) is 2.77. The highest BCUT2D eigenvalue weighted by Crippen LogP contribution is 2.27. The van der Waals surface area contributed by atoms with Crippen LogP contribution in [0, 0.1) is 17.1 Å². The van der Waals surface area contributed by atoms with E-state index in [9.17, 15) is 9.18 Å². The van der Waals surface area contributed by atoms with Gasteiger partial charge in [-0.25, -0.2) is 4.39 Å². The number of hydrogen-bond acceptors (Lipinski definition) is 3. The summed E-state index contributed by atoms with van der Waals surface area (Å²) in [6.07, 6.45) is 1.90. The van der Waals surface area contributed by atoms with Crippen LogP contribution in [0.4, 0.5) is 10.1 Å². The Morgan fingerprint density at radius 2 is 2.41 bits per heavy atom. The molecule has 1 heterocycles. The molecule has 0 saturated carbocycles. The van der Waals surface area contributed by atoms with E-state index in [0.29, 0.717) is 5.69 Å². The largest absolute Gasteiger partial charge is 0.324 e. The fourth-order valence-electron chi connectivity index (χ4n) is 1.72. The van der Waals surface area contributed by atoms with Crippen LogP contribution in [0.5, 0.6) is 0 Å². The smallest absolute Gasteiger partial charge is 0.237 e. The molecule has 1 aliphatic heterocycles. The molecule has 1 saturated heterocycles. The van der Waals surface area contributed by atoms with Gasteiger partial charge < -0.3 is 5.32 Å². The summed E-state index contributed by atoms with van der Waals surface area (Å²) < 4.78 is 12.9. The zero-order valence-electron chi connectivity index (χ0n) is 9.07. The summed E-state index contributed by atoms with van der Waals surface area (Å²) in [6, 6.07) is 5.65. The van der Waals surface area contributed by atoms with Crippen LogP contribution in [0.2, 0.25) is 0 Å². The minimum Gasteiger partial charge on any atom is -0.324 e. The number of nitrogens with one attached hydrogen (secondary N) is 1. The van der Waals surface area contributed by atoms with Gasteiger partial charge in [-0.1, -0.05) is 0 Å². The quantitative estimate of drug-likeness (QED) is 0.877. The third-order valence-electron chi connectivity index (χ3n) is 2.58. The molecule has 2 rings (SSSR count). The predicted octanol–water partition coefficient (Wildman–Crippen LogP) is 2.53. The highest BCUT2D eigenvalue weighted by molar-refractivity contribution is 8.00. The summed E-state index contributed by atoms with van der Waals surface area (Å²) >= 11 is 1.62. The van der Waals surface area contributed by atoms with Crippen molar-refractivity contribution >= 4 is 23.4 Å². The Labute approximate surface area is 103 Å². The zero-order chi connectivity index (χ0) is 12.3. The minimum absolute atomic E-state index is 0.0494. The maximum Gasteiger partial charge on any atom is 0.237 e. The van der Waals surface area contributed by atoms with Crippen molar-refractivity contribution in [2.24, 2.45) is 0 Å². The van der Waals surface area contributed by atoms with E-state index in [2.05, 4.69) is 5.32 Å². The molecule has 88 valence electrons. The van der Waals surface area contributed by atoms with Gasteiger partial charge >= 0.3 is 0 Å². The molecule has 1 amide bonds. The van der Waals surface area contributed by atoms with Crippen LogP contribution < -0.4 is 5.32 Å². The Morgan fingerprint density at radius 3 is 3.06 bits per heavy atom. The van der Waals surface area contributed by atoms with Crippen molar-refractivity contribution in [2.75, 3.05) is 11.1 Å². The number of hydrogen-bond donors (Lipinski definition) is 1. The number of nitriles is 1. The number of carbonyl (C=O) groups is 1. The number of amides is 1. The molecule has 3 nitrogen and oxygen atoms in total. The molecule has 0 spiro atoms. The van der Waals surface area contributed by atoms with Crippen LogP contribution in [0.3, 0.4) is 0 Å². The van der Waals surface area contributed by atoms with E-state index in [1.165, 1.54) is 12.1 Å². The fourth-order valence-corrected chi connectivity index (χ4v) is 2.88. The van der Waals surface area contributed by atoms with Gasteiger partial charge in [0.1, 0.15) is 11.9 Å². The predicted molar refractivity (Wildman–Crippen MR) is 65.2 cm³/mol. The lowest BCUT2D eigenvalue weighted by Crippen LogP contribution is -2.23. The van der Waals surface area contributed by atoms with E-state index < -0.39 is 5.82 Å². The van der Waals surface area contributed by atoms with Gasteiger partial charge in [0.2, 0.25) is 5.91 Å². The highest BCUT2D eigenvalue weighted by Gasteiger charge is 2.23. The summed E-state index contributed by atoms with van der Waals surface area (Å²) in [6.45, 7) is 0. The van der Waals surface area contributed by atoms with Gasteiger partial charge in [-0.05, 0) is 36.8 Å². The lowest BCUT2D eigenvalue weighted by molar-refractivity contribution is -0.115. The number of anilines is 1. The molecule has 1 unspecified atom stereocenters. The molecule has 1 aromatic carbocycles. The molecule has 0 bridgehead atoms. The van der Waals surface area contributed by atoms with Crippen molar-refractivity contribution in [1.29, 1.82) is 5.26 Å².